The maximum Gasteiger partial charge on any atom is 0.279 e. The largest absolute Gasteiger partial charge is 0.309 e. The van der Waals surface area contributed by atoms with Crippen LogP contribution in [0.4, 0.5) is 0 Å². The highest BCUT2D eigenvalue weighted by atomic mass is 32.2. The average Bonchev–Trinajstić information content (AvgIpc) is 2.76. The molecule has 1 aromatic carbocycles. The minimum atomic E-state index is -0.184. The van der Waals surface area contributed by atoms with Gasteiger partial charge >= 0.3 is 0 Å². The summed E-state index contributed by atoms with van der Waals surface area (Å²) >= 11 is 1.61. The molecular formula is C15H16N4OS. The van der Waals surface area contributed by atoms with Crippen molar-refractivity contribution in [1.82, 2.24) is 19.5 Å². The first-order valence-electron chi connectivity index (χ1n) is 6.67. The maximum atomic E-state index is 11.9. The van der Waals surface area contributed by atoms with Crippen LogP contribution in [0.5, 0.6) is 0 Å². The SMILES string of the molecule is Cc1nc2c(nc(SCc3ccccc3C)n2C)c(=O)[nH]1. The van der Waals surface area contributed by atoms with Crippen molar-refractivity contribution in [3.05, 3.63) is 51.6 Å². The average molecular weight is 300 g/mol. The van der Waals surface area contributed by atoms with Crippen LogP contribution in [0.3, 0.4) is 0 Å². The number of nitrogens with zero attached hydrogens (tertiary/aromatic N) is 3. The van der Waals surface area contributed by atoms with Gasteiger partial charge in [0.25, 0.3) is 5.56 Å². The van der Waals surface area contributed by atoms with Gasteiger partial charge in [0.05, 0.1) is 0 Å². The molecule has 3 rings (SSSR count). The highest BCUT2D eigenvalue weighted by Gasteiger charge is 2.13. The van der Waals surface area contributed by atoms with Gasteiger partial charge in [-0.3, -0.25) is 4.79 Å². The Morgan fingerprint density at radius 3 is 2.76 bits per heavy atom. The molecule has 0 bridgehead atoms. The number of thioether (sulfide) groups is 1. The van der Waals surface area contributed by atoms with Gasteiger partial charge in [-0.25, -0.2) is 9.97 Å². The Bertz CT molecular complexity index is 866. The molecule has 2 aromatic heterocycles. The zero-order valence-electron chi connectivity index (χ0n) is 12.2. The van der Waals surface area contributed by atoms with E-state index in [-0.39, 0.29) is 5.56 Å². The van der Waals surface area contributed by atoms with Gasteiger partial charge in [-0.2, -0.15) is 0 Å². The third-order valence-corrected chi connectivity index (χ3v) is 4.50. The number of imidazole rings is 1. The first-order chi connectivity index (χ1) is 10.1. The Morgan fingerprint density at radius 2 is 2.00 bits per heavy atom. The second-order valence-electron chi connectivity index (χ2n) is 4.99. The molecule has 6 heteroatoms. The number of H-pyrrole nitrogens is 1. The van der Waals surface area contributed by atoms with E-state index in [2.05, 4.69) is 34.0 Å². The molecule has 0 aliphatic rings. The summed E-state index contributed by atoms with van der Waals surface area (Å²) in [6.07, 6.45) is 0. The van der Waals surface area contributed by atoms with Crippen LogP contribution in [0.15, 0.2) is 34.2 Å². The van der Waals surface area contributed by atoms with Crippen molar-refractivity contribution in [2.45, 2.75) is 24.8 Å². The lowest BCUT2D eigenvalue weighted by Gasteiger charge is -2.05. The van der Waals surface area contributed by atoms with Crippen molar-refractivity contribution in [3.8, 4) is 0 Å². The molecule has 0 aliphatic heterocycles. The standard InChI is InChI=1S/C15H16N4OS/c1-9-6-4-5-7-11(9)8-21-15-18-12-13(19(15)3)16-10(2)17-14(12)20/h4-7H,8H2,1-3H3,(H,16,17,20). The van der Waals surface area contributed by atoms with E-state index in [1.807, 2.05) is 23.7 Å². The molecule has 21 heavy (non-hydrogen) atoms. The van der Waals surface area contributed by atoms with Crippen LogP contribution in [-0.2, 0) is 12.8 Å². The van der Waals surface area contributed by atoms with Gasteiger partial charge in [0.1, 0.15) is 5.82 Å². The molecular weight excluding hydrogens is 284 g/mol. The summed E-state index contributed by atoms with van der Waals surface area (Å²) in [6.45, 7) is 3.87. The maximum absolute atomic E-state index is 11.9. The van der Waals surface area contributed by atoms with E-state index < -0.39 is 0 Å². The number of hydrogen-bond donors (Lipinski definition) is 1. The van der Waals surface area contributed by atoms with E-state index in [0.717, 1.165) is 10.9 Å². The summed E-state index contributed by atoms with van der Waals surface area (Å²) in [5.74, 6) is 1.42. The Hall–Kier alpha value is -2.08. The number of fused-ring (bicyclic) bond motifs is 1. The monoisotopic (exact) mass is 300 g/mol. The number of hydrogen-bond acceptors (Lipinski definition) is 4. The van der Waals surface area contributed by atoms with E-state index in [0.29, 0.717) is 17.0 Å². The summed E-state index contributed by atoms with van der Waals surface area (Å²) in [4.78, 5) is 23.4. The van der Waals surface area contributed by atoms with Gasteiger partial charge in [0.15, 0.2) is 16.3 Å². The fourth-order valence-corrected chi connectivity index (χ4v) is 3.25. The van der Waals surface area contributed by atoms with Gasteiger partial charge in [0, 0.05) is 12.8 Å². The second-order valence-corrected chi connectivity index (χ2v) is 5.93. The predicted octanol–water partition coefficient (Wildman–Crippen LogP) is 2.57. The molecule has 1 N–H and O–H groups in total. The van der Waals surface area contributed by atoms with Crippen LogP contribution in [0, 0.1) is 13.8 Å². The van der Waals surface area contributed by atoms with Crippen LogP contribution in [0.25, 0.3) is 11.2 Å². The molecule has 0 radical (unpaired) electrons. The van der Waals surface area contributed by atoms with Gasteiger partial charge in [-0.15, -0.1) is 0 Å². The molecule has 0 aliphatic carbocycles. The third kappa shape index (κ3) is 2.58. The Balaban J connectivity index is 1.95. The summed E-state index contributed by atoms with van der Waals surface area (Å²) in [7, 11) is 1.89. The molecule has 0 amide bonds. The molecule has 3 aromatic rings. The van der Waals surface area contributed by atoms with Gasteiger partial charge < -0.3 is 9.55 Å². The van der Waals surface area contributed by atoms with Crippen molar-refractivity contribution >= 4 is 22.9 Å². The molecule has 0 atom stereocenters. The smallest absolute Gasteiger partial charge is 0.279 e. The zero-order valence-corrected chi connectivity index (χ0v) is 13.0. The Morgan fingerprint density at radius 1 is 1.24 bits per heavy atom. The minimum absolute atomic E-state index is 0.184. The fraction of sp³-hybridized carbons (Fsp3) is 0.267. The van der Waals surface area contributed by atoms with Gasteiger partial charge in [-0.05, 0) is 25.0 Å². The van der Waals surface area contributed by atoms with E-state index in [9.17, 15) is 4.79 Å². The number of aromatic nitrogens is 4. The summed E-state index contributed by atoms with van der Waals surface area (Å²) in [6, 6.07) is 8.28. The van der Waals surface area contributed by atoms with Gasteiger partial charge in [0.2, 0.25) is 0 Å². The van der Waals surface area contributed by atoms with Crippen molar-refractivity contribution in [1.29, 1.82) is 0 Å². The van der Waals surface area contributed by atoms with Crippen LogP contribution in [0.2, 0.25) is 0 Å². The van der Waals surface area contributed by atoms with Crippen molar-refractivity contribution in [2.24, 2.45) is 7.05 Å². The predicted molar refractivity (Wildman–Crippen MR) is 84.6 cm³/mol. The first-order valence-corrected chi connectivity index (χ1v) is 7.65. The molecule has 0 saturated heterocycles. The third-order valence-electron chi connectivity index (χ3n) is 3.43. The lowest BCUT2D eigenvalue weighted by atomic mass is 10.1. The Labute approximate surface area is 126 Å². The minimum Gasteiger partial charge on any atom is -0.309 e. The quantitative estimate of drug-likeness (QED) is 0.755. The topological polar surface area (TPSA) is 63.6 Å². The van der Waals surface area contributed by atoms with Crippen LogP contribution >= 0.6 is 11.8 Å². The molecule has 108 valence electrons. The molecule has 0 unspecified atom stereocenters. The number of aryl methyl sites for hydroxylation is 3. The van der Waals surface area contributed by atoms with Crippen molar-refractivity contribution in [2.75, 3.05) is 0 Å². The second kappa shape index (κ2) is 5.37. The first kappa shape index (κ1) is 13.9. The number of nitrogens with one attached hydrogen (secondary N) is 1. The summed E-state index contributed by atoms with van der Waals surface area (Å²) in [5, 5.41) is 0.803. The number of rotatable bonds is 3. The lowest BCUT2D eigenvalue weighted by molar-refractivity contribution is 0.803. The Kier molecular flexibility index (Phi) is 3.55. The highest BCUT2D eigenvalue weighted by molar-refractivity contribution is 7.98. The van der Waals surface area contributed by atoms with E-state index in [1.165, 1.54) is 11.1 Å². The lowest BCUT2D eigenvalue weighted by Crippen LogP contribution is -2.10. The number of aromatic amines is 1. The molecule has 0 saturated carbocycles. The van der Waals surface area contributed by atoms with E-state index in [1.54, 1.807) is 18.7 Å². The molecule has 0 fully saturated rings. The normalized spacial score (nSPS) is 11.2. The van der Waals surface area contributed by atoms with Crippen molar-refractivity contribution < 1.29 is 0 Å². The van der Waals surface area contributed by atoms with E-state index in [4.69, 9.17) is 0 Å². The van der Waals surface area contributed by atoms with E-state index >= 15 is 0 Å². The van der Waals surface area contributed by atoms with Crippen LogP contribution < -0.4 is 5.56 Å². The van der Waals surface area contributed by atoms with Crippen molar-refractivity contribution in [3.63, 3.8) is 0 Å². The van der Waals surface area contributed by atoms with Crippen LogP contribution in [-0.4, -0.2) is 19.5 Å². The fourth-order valence-electron chi connectivity index (χ4n) is 2.20. The summed E-state index contributed by atoms with van der Waals surface area (Å²) < 4.78 is 1.88. The molecule has 0 spiro atoms. The number of benzene rings is 1. The highest BCUT2D eigenvalue weighted by Crippen LogP contribution is 2.25. The zero-order chi connectivity index (χ0) is 15.0. The molecule has 5 nitrogen and oxygen atoms in total. The molecule has 2 heterocycles. The van der Waals surface area contributed by atoms with Crippen LogP contribution in [0.1, 0.15) is 17.0 Å². The summed E-state index contributed by atoms with van der Waals surface area (Å²) in [5.41, 5.74) is 3.37. The van der Waals surface area contributed by atoms with Gasteiger partial charge in [-0.1, -0.05) is 36.0 Å².